The molecule has 1 heterocycles. The summed E-state index contributed by atoms with van der Waals surface area (Å²) in [5.74, 6) is 0.324. The van der Waals surface area contributed by atoms with E-state index in [2.05, 4.69) is 4.72 Å². The van der Waals surface area contributed by atoms with Gasteiger partial charge in [-0.1, -0.05) is 0 Å². The van der Waals surface area contributed by atoms with Gasteiger partial charge in [0.05, 0.1) is 12.2 Å². The van der Waals surface area contributed by atoms with Crippen LogP contribution in [0, 0.1) is 0 Å². The number of hydrogen-bond donors (Lipinski definition) is 2. The highest BCUT2D eigenvalue weighted by Gasteiger charge is 2.28. The van der Waals surface area contributed by atoms with Gasteiger partial charge in [-0.05, 0) is 39.1 Å². The van der Waals surface area contributed by atoms with Crippen LogP contribution in [0.1, 0.15) is 26.7 Å². The summed E-state index contributed by atoms with van der Waals surface area (Å²) in [5, 5.41) is 0. The fourth-order valence-electron chi connectivity index (χ4n) is 2.56. The average Bonchev–Trinajstić information content (AvgIpc) is 2.39. The standard InChI is InChI=1S/C14H22N2O4S/c1-9-6-12(7-10(2)19-9)20-13-5-4-11(15)8-14(13)21(17,18)16-3/h4-5,8-10,12,16H,6-7,15H2,1-3H3. The fraction of sp³-hybridized carbons (Fsp3) is 0.571. The van der Waals surface area contributed by atoms with Crippen LogP contribution in [-0.4, -0.2) is 33.8 Å². The van der Waals surface area contributed by atoms with E-state index in [0.717, 1.165) is 12.8 Å². The Hall–Kier alpha value is -1.31. The third-order valence-corrected chi connectivity index (χ3v) is 4.91. The predicted molar refractivity (Wildman–Crippen MR) is 80.8 cm³/mol. The first-order valence-corrected chi connectivity index (χ1v) is 8.45. The van der Waals surface area contributed by atoms with Crippen LogP contribution in [0.15, 0.2) is 23.1 Å². The van der Waals surface area contributed by atoms with Crippen LogP contribution in [0.5, 0.6) is 5.75 Å². The molecule has 1 aromatic carbocycles. The lowest BCUT2D eigenvalue weighted by Crippen LogP contribution is -2.36. The monoisotopic (exact) mass is 314 g/mol. The lowest BCUT2D eigenvalue weighted by Gasteiger charge is -2.32. The molecule has 1 saturated heterocycles. The summed E-state index contributed by atoms with van der Waals surface area (Å²) >= 11 is 0. The van der Waals surface area contributed by atoms with Gasteiger partial charge in [-0.3, -0.25) is 0 Å². The van der Waals surface area contributed by atoms with Crippen molar-refractivity contribution in [3.63, 3.8) is 0 Å². The molecule has 21 heavy (non-hydrogen) atoms. The molecule has 1 aliphatic heterocycles. The van der Waals surface area contributed by atoms with Crippen molar-refractivity contribution in [1.29, 1.82) is 0 Å². The van der Waals surface area contributed by atoms with Crippen LogP contribution in [0.4, 0.5) is 5.69 Å². The minimum atomic E-state index is -3.62. The fourth-order valence-corrected chi connectivity index (χ4v) is 3.45. The zero-order chi connectivity index (χ0) is 15.6. The first-order chi connectivity index (χ1) is 9.81. The van der Waals surface area contributed by atoms with Crippen LogP contribution in [0.2, 0.25) is 0 Å². The maximum absolute atomic E-state index is 12.1. The highest BCUT2D eigenvalue weighted by atomic mass is 32.2. The summed E-state index contributed by atoms with van der Waals surface area (Å²) in [4.78, 5) is 0.0665. The Balaban J connectivity index is 2.28. The van der Waals surface area contributed by atoms with Crippen LogP contribution >= 0.6 is 0 Å². The molecule has 1 aromatic rings. The maximum Gasteiger partial charge on any atom is 0.244 e. The molecule has 0 radical (unpaired) electrons. The summed E-state index contributed by atoms with van der Waals surface area (Å²) in [7, 11) is -2.25. The largest absolute Gasteiger partial charge is 0.489 e. The first kappa shape index (κ1) is 16.1. The Bertz CT molecular complexity index is 593. The number of ether oxygens (including phenoxy) is 2. The topological polar surface area (TPSA) is 90.7 Å². The van der Waals surface area contributed by atoms with Crippen molar-refractivity contribution in [3.8, 4) is 5.75 Å². The molecular formula is C14H22N2O4S. The second-order valence-corrected chi connectivity index (χ2v) is 7.24. The highest BCUT2D eigenvalue weighted by Crippen LogP contribution is 2.30. The molecule has 0 saturated carbocycles. The molecule has 2 unspecified atom stereocenters. The van der Waals surface area contributed by atoms with Gasteiger partial charge in [0, 0.05) is 18.5 Å². The number of benzene rings is 1. The van der Waals surface area contributed by atoms with E-state index in [1.165, 1.54) is 13.1 Å². The Kier molecular flexibility index (Phi) is 4.75. The van der Waals surface area contributed by atoms with Crippen LogP contribution in [0.25, 0.3) is 0 Å². The summed E-state index contributed by atoms with van der Waals surface area (Å²) in [5.41, 5.74) is 6.07. The number of sulfonamides is 1. The van der Waals surface area contributed by atoms with Gasteiger partial charge in [0.2, 0.25) is 10.0 Å². The third kappa shape index (κ3) is 3.87. The number of rotatable bonds is 4. The normalized spacial score (nSPS) is 26.5. The Morgan fingerprint density at radius 2 is 1.90 bits per heavy atom. The summed E-state index contributed by atoms with van der Waals surface area (Å²) < 4.78 is 38.0. The minimum Gasteiger partial charge on any atom is -0.489 e. The zero-order valence-electron chi connectivity index (χ0n) is 12.5. The lowest BCUT2D eigenvalue weighted by molar-refractivity contribution is -0.0726. The maximum atomic E-state index is 12.1. The van der Waals surface area contributed by atoms with E-state index in [9.17, 15) is 8.42 Å². The molecular weight excluding hydrogens is 292 g/mol. The highest BCUT2D eigenvalue weighted by molar-refractivity contribution is 7.89. The Morgan fingerprint density at radius 1 is 1.29 bits per heavy atom. The first-order valence-electron chi connectivity index (χ1n) is 6.97. The van der Waals surface area contributed by atoms with E-state index < -0.39 is 10.0 Å². The Labute approximate surface area is 125 Å². The van der Waals surface area contributed by atoms with Gasteiger partial charge in [-0.2, -0.15) is 0 Å². The second-order valence-electron chi connectivity index (χ2n) is 5.38. The van der Waals surface area contributed by atoms with Gasteiger partial charge in [0.1, 0.15) is 16.7 Å². The molecule has 0 spiro atoms. The molecule has 0 bridgehead atoms. The van der Waals surface area contributed by atoms with Crippen LogP contribution in [-0.2, 0) is 14.8 Å². The van der Waals surface area contributed by atoms with E-state index in [4.69, 9.17) is 15.2 Å². The zero-order valence-corrected chi connectivity index (χ0v) is 13.3. The third-order valence-electron chi connectivity index (χ3n) is 3.47. The minimum absolute atomic E-state index is 0.0665. The number of nitrogen functional groups attached to an aromatic ring is 1. The van der Waals surface area contributed by atoms with Crippen molar-refractivity contribution in [2.45, 2.75) is 49.9 Å². The van der Waals surface area contributed by atoms with Gasteiger partial charge in [0.25, 0.3) is 0 Å². The quantitative estimate of drug-likeness (QED) is 0.822. The molecule has 6 nitrogen and oxygen atoms in total. The lowest BCUT2D eigenvalue weighted by atomic mass is 10.0. The van der Waals surface area contributed by atoms with Gasteiger partial charge in [0.15, 0.2) is 0 Å². The molecule has 2 atom stereocenters. The predicted octanol–water partition coefficient (Wildman–Crippen LogP) is 1.51. The average molecular weight is 314 g/mol. The molecule has 2 rings (SSSR count). The molecule has 1 aliphatic rings. The SMILES string of the molecule is CNS(=O)(=O)c1cc(N)ccc1OC1CC(C)OC(C)C1. The second kappa shape index (κ2) is 6.21. The summed E-state index contributed by atoms with van der Waals surface area (Å²) in [6.07, 6.45) is 1.58. The van der Waals surface area contributed by atoms with Crippen molar-refractivity contribution >= 4 is 15.7 Å². The van der Waals surface area contributed by atoms with E-state index in [0.29, 0.717) is 11.4 Å². The van der Waals surface area contributed by atoms with Crippen molar-refractivity contribution in [1.82, 2.24) is 4.72 Å². The van der Waals surface area contributed by atoms with E-state index in [1.54, 1.807) is 12.1 Å². The number of hydrogen-bond acceptors (Lipinski definition) is 5. The van der Waals surface area contributed by atoms with Gasteiger partial charge >= 0.3 is 0 Å². The molecule has 0 amide bonds. The van der Waals surface area contributed by atoms with Gasteiger partial charge < -0.3 is 15.2 Å². The number of nitrogens with two attached hydrogens (primary N) is 1. The van der Waals surface area contributed by atoms with Crippen LogP contribution in [0.3, 0.4) is 0 Å². The molecule has 118 valence electrons. The summed E-state index contributed by atoms with van der Waals surface area (Å²) in [6, 6.07) is 4.65. The van der Waals surface area contributed by atoms with E-state index in [1.807, 2.05) is 13.8 Å². The molecule has 1 fully saturated rings. The smallest absolute Gasteiger partial charge is 0.244 e. The molecule has 0 aromatic heterocycles. The van der Waals surface area contributed by atoms with Crippen molar-refractivity contribution in [2.24, 2.45) is 0 Å². The summed E-state index contributed by atoms with van der Waals surface area (Å²) in [6.45, 7) is 3.97. The van der Waals surface area contributed by atoms with Gasteiger partial charge in [-0.25, -0.2) is 13.1 Å². The molecule has 3 N–H and O–H groups in total. The van der Waals surface area contributed by atoms with Crippen LogP contribution < -0.4 is 15.2 Å². The molecule has 7 heteroatoms. The van der Waals surface area contributed by atoms with Crippen molar-refractivity contribution < 1.29 is 17.9 Å². The van der Waals surface area contributed by atoms with E-state index >= 15 is 0 Å². The number of nitrogens with one attached hydrogen (secondary N) is 1. The van der Waals surface area contributed by atoms with E-state index in [-0.39, 0.29) is 23.2 Å². The molecule has 0 aliphatic carbocycles. The van der Waals surface area contributed by atoms with Gasteiger partial charge in [-0.15, -0.1) is 0 Å². The van der Waals surface area contributed by atoms with Crippen molar-refractivity contribution in [2.75, 3.05) is 12.8 Å². The van der Waals surface area contributed by atoms with Crippen molar-refractivity contribution in [3.05, 3.63) is 18.2 Å². The number of anilines is 1. The Morgan fingerprint density at radius 3 is 2.48 bits per heavy atom.